The fraction of sp³-hybridized carbons (Fsp3) is 0.421. The Morgan fingerprint density at radius 3 is 2.50 bits per heavy atom. The maximum absolute atomic E-state index is 12.2. The van der Waals surface area contributed by atoms with Crippen LogP contribution in [0.5, 0.6) is 0 Å². The van der Waals surface area contributed by atoms with Gasteiger partial charge < -0.3 is 19.9 Å². The number of amides is 2. The van der Waals surface area contributed by atoms with E-state index in [0.717, 1.165) is 31.0 Å². The standard InChI is InChI=1S/C19H25N5O2/c25-19(22-10-5-15-26-16-17-6-2-1-3-7-17)24-13-11-23(12-14-24)18-20-8-4-9-21-18/h1-4,6-9H,5,10-16H2,(H,22,25). The van der Waals surface area contributed by atoms with Crippen LogP contribution in [0.1, 0.15) is 12.0 Å². The summed E-state index contributed by atoms with van der Waals surface area (Å²) in [5.74, 6) is 0.725. The minimum absolute atomic E-state index is 0.0123. The van der Waals surface area contributed by atoms with Gasteiger partial charge in [0, 0.05) is 51.7 Å². The largest absolute Gasteiger partial charge is 0.377 e. The maximum Gasteiger partial charge on any atom is 0.317 e. The molecule has 1 saturated heterocycles. The molecule has 1 fully saturated rings. The molecule has 0 saturated carbocycles. The zero-order chi connectivity index (χ0) is 18.0. The van der Waals surface area contributed by atoms with Crippen LogP contribution in [0.2, 0.25) is 0 Å². The van der Waals surface area contributed by atoms with E-state index < -0.39 is 0 Å². The number of aromatic nitrogens is 2. The molecule has 2 heterocycles. The van der Waals surface area contributed by atoms with E-state index >= 15 is 0 Å². The Labute approximate surface area is 154 Å². The fourth-order valence-corrected chi connectivity index (χ4v) is 2.81. The predicted octanol–water partition coefficient (Wildman–Crippen LogP) is 1.92. The molecule has 2 aromatic rings. The number of hydrogen-bond acceptors (Lipinski definition) is 5. The molecule has 1 aliphatic rings. The lowest BCUT2D eigenvalue weighted by molar-refractivity contribution is 0.118. The van der Waals surface area contributed by atoms with Crippen molar-refractivity contribution in [3.8, 4) is 0 Å². The SMILES string of the molecule is O=C(NCCCOCc1ccccc1)N1CCN(c2ncccn2)CC1. The second kappa shape index (κ2) is 9.72. The van der Waals surface area contributed by atoms with E-state index in [1.807, 2.05) is 35.2 Å². The van der Waals surface area contributed by atoms with E-state index in [9.17, 15) is 4.79 Å². The summed E-state index contributed by atoms with van der Waals surface area (Å²) in [5, 5.41) is 2.96. The van der Waals surface area contributed by atoms with Gasteiger partial charge in [-0.05, 0) is 18.1 Å². The normalized spacial score (nSPS) is 14.3. The van der Waals surface area contributed by atoms with Crippen molar-refractivity contribution in [3.63, 3.8) is 0 Å². The number of benzene rings is 1. The van der Waals surface area contributed by atoms with Crippen molar-refractivity contribution in [1.29, 1.82) is 0 Å². The predicted molar refractivity (Wildman–Crippen MR) is 99.9 cm³/mol. The monoisotopic (exact) mass is 355 g/mol. The summed E-state index contributed by atoms with van der Waals surface area (Å²) < 4.78 is 5.62. The molecule has 0 spiro atoms. The number of nitrogens with one attached hydrogen (secondary N) is 1. The lowest BCUT2D eigenvalue weighted by Gasteiger charge is -2.34. The van der Waals surface area contributed by atoms with Gasteiger partial charge >= 0.3 is 6.03 Å². The summed E-state index contributed by atoms with van der Waals surface area (Å²) in [6, 6.07) is 11.9. The van der Waals surface area contributed by atoms with Crippen LogP contribution in [0, 0.1) is 0 Å². The van der Waals surface area contributed by atoms with Crippen molar-refractivity contribution >= 4 is 12.0 Å². The van der Waals surface area contributed by atoms with Gasteiger partial charge in [0.2, 0.25) is 5.95 Å². The highest BCUT2D eigenvalue weighted by Gasteiger charge is 2.21. The molecular weight excluding hydrogens is 330 g/mol. The average Bonchev–Trinajstić information content (AvgIpc) is 2.72. The number of carbonyl (C=O) groups is 1. The van der Waals surface area contributed by atoms with Gasteiger partial charge in [0.15, 0.2) is 0 Å². The summed E-state index contributed by atoms with van der Waals surface area (Å²) in [5.41, 5.74) is 1.16. The second-order valence-corrected chi connectivity index (χ2v) is 6.15. The van der Waals surface area contributed by atoms with Crippen molar-refractivity contribution in [2.75, 3.05) is 44.2 Å². The number of piperazine rings is 1. The highest BCUT2D eigenvalue weighted by molar-refractivity contribution is 5.74. The summed E-state index contributed by atoms with van der Waals surface area (Å²) in [6.45, 7) is 4.71. The second-order valence-electron chi connectivity index (χ2n) is 6.15. The molecule has 1 aromatic heterocycles. The molecular formula is C19H25N5O2. The first-order valence-corrected chi connectivity index (χ1v) is 8.99. The maximum atomic E-state index is 12.2. The topological polar surface area (TPSA) is 70.6 Å². The molecule has 0 atom stereocenters. The first-order valence-electron chi connectivity index (χ1n) is 8.99. The molecule has 7 heteroatoms. The summed E-state index contributed by atoms with van der Waals surface area (Å²) in [6.07, 6.45) is 4.28. The van der Waals surface area contributed by atoms with E-state index in [-0.39, 0.29) is 6.03 Å². The molecule has 138 valence electrons. The number of rotatable bonds is 7. The first kappa shape index (κ1) is 18.1. The molecule has 7 nitrogen and oxygen atoms in total. The van der Waals surface area contributed by atoms with E-state index in [0.29, 0.717) is 32.8 Å². The minimum Gasteiger partial charge on any atom is -0.377 e. The van der Waals surface area contributed by atoms with Crippen molar-refractivity contribution in [1.82, 2.24) is 20.2 Å². The zero-order valence-corrected chi connectivity index (χ0v) is 14.9. The Morgan fingerprint density at radius 2 is 1.77 bits per heavy atom. The summed E-state index contributed by atoms with van der Waals surface area (Å²) in [7, 11) is 0. The molecule has 1 aliphatic heterocycles. The Balaban J connectivity index is 1.27. The van der Waals surface area contributed by atoms with E-state index in [2.05, 4.69) is 20.2 Å². The highest BCUT2D eigenvalue weighted by Crippen LogP contribution is 2.09. The van der Waals surface area contributed by atoms with Gasteiger partial charge in [0.05, 0.1) is 6.61 Å². The minimum atomic E-state index is -0.0123. The summed E-state index contributed by atoms with van der Waals surface area (Å²) in [4.78, 5) is 24.7. The third-order valence-electron chi connectivity index (χ3n) is 4.26. The van der Waals surface area contributed by atoms with Crippen LogP contribution < -0.4 is 10.2 Å². The molecule has 1 aromatic carbocycles. The third-order valence-corrected chi connectivity index (χ3v) is 4.26. The zero-order valence-electron chi connectivity index (χ0n) is 14.9. The molecule has 0 radical (unpaired) electrons. The van der Waals surface area contributed by atoms with Crippen LogP contribution in [0.3, 0.4) is 0 Å². The van der Waals surface area contributed by atoms with Crippen LogP contribution in [0.15, 0.2) is 48.8 Å². The van der Waals surface area contributed by atoms with Gasteiger partial charge in [-0.1, -0.05) is 30.3 Å². The van der Waals surface area contributed by atoms with Crippen LogP contribution >= 0.6 is 0 Å². The highest BCUT2D eigenvalue weighted by atomic mass is 16.5. The van der Waals surface area contributed by atoms with E-state index in [1.54, 1.807) is 18.5 Å². The molecule has 1 N–H and O–H groups in total. The molecule has 2 amide bonds. The van der Waals surface area contributed by atoms with Gasteiger partial charge in [0.25, 0.3) is 0 Å². The van der Waals surface area contributed by atoms with Gasteiger partial charge in [-0.3, -0.25) is 0 Å². The van der Waals surface area contributed by atoms with Gasteiger partial charge in [0.1, 0.15) is 0 Å². The quantitative estimate of drug-likeness (QED) is 0.769. The number of ether oxygens (including phenoxy) is 1. The van der Waals surface area contributed by atoms with Crippen LogP contribution in [0.25, 0.3) is 0 Å². The van der Waals surface area contributed by atoms with Crippen molar-refractivity contribution in [2.45, 2.75) is 13.0 Å². The van der Waals surface area contributed by atoms with Gasteiger partial charge in [-0.25, -0.2) is 14.8 Å². The van der Waals surface area contributed by atoms with E-state index in [1.165, 1.54) is 0 Å². The molecule has 3 rings (SSSR count). The lowest BCUT2D eigenvalue weighted by Crippen LogP contribution is -2.52. The fourth-order valence-electron chi connectivity index (χ4n) is 2.81. The van der Waals surface area contributed by atoms with Gasteiger partial charge in [-0.15, -0.1) is 0 Å². The average molecular weight is 355 g/mol. The Morgan fingerprint density at radius 1 is 1.04 bits per heavy atom. The first-order chi connectivity index (χ1) is 12.8. The third kappa shape index (κ3) is 5.42. The molecule has 26 heavy (non-hydrogen) atoms. The molecule has 0 bridgehead atoms. The number of anilines is 1. The van der Waals surface area contributed by atoms with Crippen molar-refractivity contribution < 1.29 is 9.53 Å². The number of carbonyl (C=O) groups excluding carboxylic acids is 1. The van der Waals surface area contributed by atoms with Crippen LogP contribution in [0.4, 0.5) is 10.7 Å². The van der Waals surface area contributed by atoms with Crippen molar-refractivity contribution in [2.24, 2.45) is 0 Å². The van der Waals surface area contributed by atoms with Crippen molar-refractivity contribution in [3.05, 3.63) is 54.4 Å². The van der Waals surface area contributed by atoms with Crippen LogP contribution in [-0.4, -0.2) is 60.2 Å². The number of hydrogen-bond donors (Lipinski definition) is 1. The Kier molecular flexibility index (Phi) is 6.78. The molecule has 0 unspecified atom stereocenters. The molecule has 0 aliphatic carbocycles. The number of urea groups is 1. The Bertz CT molecular complexity index is 660. The number of nitrogens with zero attached hydrogens (tertiary/aromatic N) is 4. The van der Waals surface area contributed by atoms with E-state index in [4.69, 9.17) is 4.74 Å². The Hall–Kier alpha value is -2.67. The lowest BCUT2D eigenvalue weighted by atomic mass is 10.2. The summed E-state index contributed by atoms with van der Waals surface area (Å²) >= 11 is 0. The smallest absolute Gasteiger partial charge is 0.317 e. The van der Waals surface area contributed by atoms with Crippen LogP contribution in [-0.2, 0) is 11.3 Å². The van der Waals surface area contributed by atoms with Gasteiger partial charge in [-0.2, -0.15) is 0 Å².